The molecule has 2 aromatic rings. The number of nitrogens with one attached hydrogen (secondary N) is 3. The molecule has 22 heavy (non-hydrogen) atoms. The maximum atomic E-state index is 11.9. The SMILES string of the molecule is O=C(CCc1nc2ccccc2c(=O)[nH]1)NNC(=O)C1CC1. The van der Waals surface area contributed by atoms with Crippen LogP contribution in [-0.4, -0.2) is 21.8 Å². The summed E-state index contributed by atoms with van der Waals surface area (Å²) in [6, 6.07) is 7.03. The average Bonchev–Trinajstić information content (AvgIpc) is 3.35. The van der Waals surface area contributed by atoms with Gasteiger partial charge in [0.05, 0.1) is 10.9 Å². The third kappa shape index (κ3) is 3.30. The minimum atomic E-state index is -0.315. The first kappa shape index (κ1) is 14.2. The number of rotatable bonds is 4. The molecule has 0 spiro atoms. The van der Waals surface area contributed by atoms with Gasteiger partial charge >= 0.3 is 0 Å². The summed E-state index contributed by atoms with van der Waals surface area (Å²) in [4.78, 5) is 41.9. The first-order chi connectivity index (χ1) is 10.6. The fourth-order valence-electron chi connectivity index (χ4n) is 2.13. The predicted molar refractivity (Wildman–Crippen MR) is 79.7 cm³/mol. The zero-order valence-corrected chi connectivity index (χ0v) is 11.9. The van der Waals surface area contributed by atoms with Crippen LogP contribution in [0, 0.1) is 5.92 Å². The van der Waals surface area contributed by atoms with Crippen LogP contribution in [0.15, 0.2) is 29.1 Å². The van der Waals surface area contributed by atoms with E-state index in [0.717, 1.165) is 12.8 Å². The Labute approximate surface area is 126 Å². The first-order valence-corrected chi connectivity index (χ1v) is 7.20. The van der Waals surface area contributed by atoms with Crippen LogP contribution in [0.1, 0.15) is 25.1 Å². The van der Waals surface area contributed by atoms with Crippen molar-refractivity contribution in [1.82, 2.24) is 20.8 Å². The number of H-pyrrole nitrogens is 1. The third-order valence-corrected chi connectivity index (χ3v) is 3.52. The van der Waals surface area contributed by atoms with Crippen molar-refractivity contribution in [2.24, 2.45) is 5.92 Å². The Morgan fingerprint density at radius 3 is 2.77 bits per heavy atom. The zero-order valence-electron chi connectivity index (χ0n) is 11.9. The topological polar surface area (TPSA) is 104 Å². The van der Waals surface area contributed by atoms with Gasteiger partial charge in [0.2, 0.25) is 11.8 Å². The lowest BCUT2D eigenvalue weighted by molar-refractivity contribution is -0.129. The molecule has 1 aromatic heterocycles. The van der Waals surface area contributed by atoms with Gasteiger partial charge in [-0.3, -0.25) is 25.2 Å². The maximum absolute atomic E-state index is 11.9. The molecule has 7 heteroatoms. The fourth-order valence-corrected chi connectivity index (χ4v) is 2.13. The predicted octanol–water partition coefficient (Wildman–Crippen LogP) is 0.413. The van der Waals surface area contributed by atoms with Crippen molar-refractivity contribution in [2.75, 3.05) is 0 Å². The van der Waals surface area contributed by atoms with Crippen molar-refractivity contribution in [1.29, 1.82) is 0 Å². The van der Waals surface area contributed by atoms with Crippen LogP contribution in [0.2, 0.25) is 0 Å². The number of aromatic amines is 1. The number of benzene rings is 1. The van der Waals surface area contributed by atoms with E-state index < -0.39 is 0 Å². The van der Waals surface area contributed by atoms with E-state index in [9.17, 15) is 14.4 Å². The van der Waals surface area contributed by atoms with Crippen LogP contribution in [0.25, 0.3) is 10.9 Å². The van der Waals surface area contributed by atoms with Crippen LogP contribution in [0.5, 0.6) is 0 Å². The summed E-state index contributed by atoms with van der Waals surface area (Å²) in [5, 5.41) is 0.521. The Bertz CT molecular complexity index is 780. The van der Waals surface area contributed by atoms with E-state index in [-0.39, 0.29) is 29.7 Å². The Kier molecular flexibility index (Phi) is 3.86. The standard InChI is InChI=1S/C15H16N4O3/c20-13(18-19-14(21)9-5-6-9)8-7-12-16-11-4-2-1-3-10(11)15(22)17-12/h1-4,9H,5-8H2,(H,18,20)(H,19,21)(H,16,17,22). The molecule has 1 saturated carbocycles. The van der Waals surface area contributed by atoms with Crippen molar-refractivity contribution in [2.45, 2.75) is 25.7 Å². The molecule has 0 radical (unpaired) electrons. The van der Waals surface area contributed by atoms with Gasteiger partial charge in [-0.15, -0.1) is 0 Å². The molecule has 1 aliphatic carbocycles. The molecule has 2 amide bonds. The molecule has 1 fully saturated rings. The molecule has 114 valence electrons. The minimum Gasteiger partial charge on any atom is -0.310 e. The number of carbonyl (C=O) groups excluding carboxylic acids is 2. The molecule has 1 aromatic carbocycles. The van der Waals surface area contributed by atoms with E-state index >= 15 is 0 Å². The Morgan fingerprint density at radius 1 is 1.23 bits per heavy atom. The highest BCUT2D eigenvalue weighted by atomic mass is 16.2. The monoisotopic (exact) mass is 300 g/mol. The number of aryl methyl sites for hydroxylation is 1. The Morgan fingerprint density at radius 2 is 2.00 bits per heavy atom. The van der Waals surface area contributed by atoms with Crippen LogP contribution in [0.4, 0.5) is 0 Å². The second-order valence-corrected chi connectivity index (χ2v) is 5.34. The van der Waals surface area contributed by atoms with E-state index in [1.165, 1.54) is 0 Å². The van der Waals surface area contributed by atoms with Crippen LogP contribution >= 0.6 is 0 Å². The maximum Gasteiger partial charge on any atom is 0.258 e. The summed E-state index contributed by atoms with van der Waals surface area (Å²) in [7, 11) is 0. The van der Waals surface area contributed by atoms with Crippen LogP contribution < -0.4 is 16.4 Å². The van der Waals surface area contributed by atoms with Crippen molar-refractivity contribution in [3.8, 4) is 0 Å². The van der Waals surface area contributed by atoms with Gasteiger partial charge < -0.3 is 4.98 Å². The van der Waals surface area contributed by atoms with E-state index in [2.05, 4.69) is 20.8 Å². The van der Waals surface area contributed by atoms with Gasteiger partial charge in [0.15, 0.2) is 0 Å². The Hall–Kier alpha value is -2.70. The van der Waals surface area contributed by atoms with E-state index in [1.807, 2.05) is 0 Å². The summed E-state index contributed by atoms with van der Waals surface area (Å²) >= 11 is 0. The van der Waals surface area contributed by atoms with Crippen LogP contribution in [-0.2, 0) is 16.0 Å². The first-order valence-electron chi connectivity index (χ1n) is 7.20. The Balaban J connectivity index is 1.57. The molecule has 0 aliphatic heterocycles. The molecule has 3 N–H and O–H groups in total. The van der Waals surface area contributed by atoms with Gasteiger partial charge in [-0.05, 0) is 25.0 Å². The van der Waals surface area contributed by atoms with E-state index in [4.69, 9.17) is 0 Å². The highest BCUT2D eigenvalue weighted by molar-refractivity contribution is 5.84. The van der Waals surface area contributed by atoms with Gasteiger partial charge in [0, 0.05) is 18.8 Å². The normalized spacial score (nSPS) is 13.8. The highest BCUT2D eigenvalue weighted by Gasteiger charge is 2.29. The van der Waals surface area contributed by atoms with Gasteiger partial charge in [0.25, 0.3) is 5.56 Å². The van der Waals surface area contributed by atoms with Gasteiger partial charge in [-0.2, -0.15) is 0 Å². The summed E-state index contributed by atoms with van der Waals surface area (Å²) in [5.74, 6) is 0.0292. The van der Waals surface area contributed by atoms with Crippen molar-refractivity contribution in [3.05, 3.63) is 40.4 Å². The molecule has 3 rings (SSSR count). The van der Waals surface area contributed by atoms with Gasteiger partial charge in [-0.1, -0.05) is 12.1 Å². The average molecular weight is 300 g/mol. The molecule has 0 saturated heterocycles. The summed E-state index contributed by atoms with van der Waals surface area (Å²) in [5.41, 5.74) is 5.14. The van der Waals surface area contributed by atoms with E-state index in [1.54, 1.807) is 24.3 Å². The van der Waals surface area contributed by atoms with Crippen molar-refractivity contribution < 1.29 is 9.59 Å². The van der Waals surface area contributed by atoms with Crippen molar-refractivity contribution in [3.63, 3.8) is 0 Å². The van der Waals surface area contributed by atoms with Crippen molar-refractivity contribution >= 4 is 22.7 Å². The number of para-hydroxylation sites is 1. The number of aromatic nitrogens is 2. The number of fused-ring (bicyclic) bond motifs is 1. The van der Waals surface area contributed by atoms with Gasteiger partial charge in [0.1, 0.15) is 5.82 Å². The number of hydrogen-bond donors (Lipinski definition) is 3. The molecular weight excluding hydrogens is 284 g/mol. The number of nitrogens with zero attached hydrogens (tertiary/aromatic N) is 1. The number of carbonyl (C=O) groups is 2. The number of hydrazine groups is 1. The van der Waals surface area contributed by atoms with Crippen LogP contribution in [0.3, 0.4) is 0 Å². The van der Waals surface area contributed by atoms with Gasteiger partial charge in [-0.25, -0.2) is 4.98 Å². The quantitative estimate of drug-likeness (QED) is 0.711. The third-order valence-electron chi connectivity index (χ3n) is 3.52. The molecular formula is C15H16N4O3. The smallest absolute Gasteiger partial charge is 0.258 e. The summed E-state index contributed by atoms with van der Waals surface area (Å²) in [6.07, 6.45) is 2.19. The lowest BCUT2D eigenvalue weighted by atomic mass is 10.2. The summed E-state index contributed by atoms with van der Waals surface area (Å²) < 4.78 is 0. The molecule has 7 nitrogen and oxygen atoms in total. The zero-order chi connectivity index (χ0) is 15.5. The number of amides is 2. The molecule has 0 unspecified atom stereocenters. The number of hydrogen-bond acceptors (Lipinski definition) is 4. The second-order valence-electron chi connectivity index (χ2n) is 5.34. The second kappa shape index (κ2) is 5.97. The minimum absolute atomic E-state index is 0.0406. The molecule has 1 aliphatic rings. The van der Waals surface area contributed by atoms with E-state index in [0.29, 0.717) is 23.1 Å². The summed E-state index contributed by atoms with van der Waals surface area (Å²) in [6.45, 7) is 0. The molecule has 0 bridgehead atoms. The fraction of sp³-hybridized carbons (Fsp3) is 0.333. The largest absolute Gasteiger partial charge is 0.310 e. The lowest BCUT2D eigenvalue weighted by Crippen LogP contribution is -2.42. The molecule has 0 atom stereocenters. The lowest BCUT2D eigenvalue weighted by Gasteiger charge is -2.06. The highest BCUT2D eigenvalue weighted by Crippen LogP contribution is 2.28. The molecule has 1 heterocycles.